The Morgan fingerprint density at radius 1 is 1.18 bits per heavy atom. The Kier molecular flexibility index (Phi) is 9.79. The molecule has 0 saturated carbocycles. The lowest BCUT2D eigenvalue weighted by molar-refractivity contribution is -0.192. The minimum Gasteiger partial charge on any atom is -0.475 e. The number of alkyl halides is 3. The number of pyridine rings is 1. The molecule has 0 radical (unpaired) electrons. The SMILES string of the molecule is Cc1nc(NCc2c(F)cccc2CN2CCCC2)ccc1S(=O)(=O)Cc1cscn1.O=C(O)C(F)(F)F. The quantitative estimate of drug-likeness (QED) is 0.369. The van der Waals surface area contributed by atoms with Crippen LogP contribution in [0.2, 0.25) is 0 Å². The zero-order valence-corrected chi connectivity index (χ0v) is 22.0. The summed E-state index contributed by atoms with van der Waals surface area (Å²) in [5.74, 6) is -2.64. The van der Waals surface area contributed by atoms with Gasteiger partial charge in [0.1, 0.15) is 11.6 Å². The van der Waals surface area contributed by atoms with Crippen LogP contribution in [0.3, 0.4) is 0 Å². The number of nitrogens with zero attached hydrogens (tertiary/aromatic N) is 3. The number of thiazole rings is 1. The Morgan fingerprint density at radius 2 is 1.87 bits per heavy atom. The standard InChI is InChI=1S/C22H25FN4O2S2.C2HF3O2/c1-16-21(31(28,29)14-18-13-30-15-25-18)7-8-22(26-16)24-11-19-17(5-4-6-20(19)23)12-27-9-2-3-10-27;3-2(4,5)1(6)7/h4-8,13,15H,2-3,9-12,14H2,1H3,(H,24,26);(H,6,7). The Bertz CT molecular complexity index is 1340. The van der Waals surface area contributed by atoms with Crippen molar-refractivity contribution in [2.75, 3.05) is 18.4 Å². The molecule has 1 fully saturated rings. The van der Waals surface area contributed by atoms with E-state index >= 15 is 0 Å². The third-order valence-electron chi connectivity index (χ3n) is 5.69. The number of nitrogens with one attached hydrogen (secondary N) is 1. The second kappa shape index (κ2) is 12.6. The van der Waals surface area contributed by atoms with E-state index in [9.17, 15) is 26.0 Å². The molecular formula is C24H26F4N4O4S2. The molecule has 0 amide bonds. The van der Waals surface area contributed by atoms with Gasteiger partial charge in [-0.15, -0.1) is 11.3 Å². The fourth-order valence-electron chi connectivity index (χ4n) is 3.87. The van der Waals surface area contributed by atoms with E-state index in [1.807, 2.05) is 6.07 Å². The molecule has 2 aromatic heterocycles. The number of aliphatic carboxylic acids is 1. The number of benzene rings is 1. The number of carbonyl (C=O) groups is 1. The summed E-state index contributed by atoms with van der Waals surface area (Å²) in [5, 5.41) is 12.0. The van der Waals surface area contributed by atoms with Crippen molar-refractivity contribution in [2.24, 2.45) is 0 Å². The number of aromatic nitrogens is 2. The third kappa shape index (κ3) is 8.20. The molecule has 206 valence electrons. The van der Waals surface area contributed by atoms with Gasteiger partial charge in [-0.3, -0.25) is 4.90 Å². The monoisotopic (exact) mass is 574 g/mol. The van der Waals surface area contributed by atoms with E-state index < -0.39 is 22.0 Å². The molecule has 0 unspecified atom stereocenters. The van der Waals surface area contributed by atoms with Gasteiger partial charge in [-0.25, -0.2) is 27.6 Å². The van der Waals surface area contributed by atoms with Gasteiger partial charge < -0.3 is 10.4 Å². The molecule has 0 atom stereocenters. The van der Waals surface area contributed by atoms with Crippen LogP contribution in [0.15, 0.2) is 46.1 Å². The number of hydrogen-bond donors (Lipinski definition) is 2. The molecule has 0 aliphatic carbocycles. The first-order valence-electron chi connectivity index (χ1n) is 11.5. The van der Waals surface area contributed by atoms with Gasteiger partial charge in [0.05, 0.1) is 27.5 Å². The van der Waals surface area contributed by atoms with Crippen LogP contribution < -0.4 is 5.32 Å². The number of anilines is 1. The highest BCUT2D eigenvalue weighted by atomic mass is 32.2. The van der Waals surface area contributed by atoms with Crippen molar-refractivity contribution in [3.05, 3.63) is 69.6 Å². The van der Waals surface area contributed by atoms with Crippen molar-refractivity contribution in [1.82, 2.24) is 14.9 Å². The Morgan fingerprint density at radius 3 is 2.45 bits per heavy atom. The number of rotatable bonds is 8. The van der Waals surface area contributed by atoms with Gasteiger partial charge in [0.25, 0.3) is 0 Å². The summed E-state index contributed by atoms with van der Waals surface area (Å²) < 4.78 is 71.7. The molecular weight excluding hydrogens is 548 g/mol. The highest BCUT2D eigenvalue weighted by Crippen LogP contribution is 2.23. The fourth-order valence-corrected chi connectivity index (χ4v) is 6.00. The second-order valence-electron chi connectivity index (χ2n) is 8.54. The summed E-state index contributed by atoms with van der Waals surface area (Å²) in [6.07, 6.45) is -2.71. The first-order valence-corrected chi connectivity index (χ1v) is 14.1. The number of halogens is 4. The van der Waals surface area contributed by atoms with Crippen molar-refractivity contribution in [3.8, 4) is 0 Å². The van der Waals surface area contributed by atoms with E-state index in [2.05, 4.69) is 20.2 Å². The summed E-state index contributed by atoms with van der Waals surface area (Å²) >= 11 is 1.36. The number of likely N-dealkylation sites (tertiary alicyclic amines) is 1. The number of hydrogen-bond acceptors (Lipinski definition) is 8. The van der Waals surface area contributed by atoms with E-state index in [4.69, 9.17) is 9.90 Å². The highest BCUT2D eigenvalue weighted by Gasteiger charge is 2.38. The molecule has 2 N–H and O–H groups in total. The van der Waals surface area contributed by atoms with Crippen LogP contribution in [0.1, 0.15) is 35.4 Å². The van der Waals surface area contributed by atoms with Crippen LogP contribution in [-0.2, 0) is 33.5 Å². The average molecular weight is 575 g/mol. The predicted molar refractivity (Wildman–Crippen MR) is 134 cm³/mol. The van der Waals surface area contributed by atoms with Crippen molar-refractivity contribution < 1.29 is 35.9 Å². The molecule has 1 aromatic carbocycles. The molecule has 0 spiro atoms. The average Bonchev–Trinajstić information content (AvgIpc) is 3.52. The van der Waals surface area contributed by atoms with Gasteiger partial charge in [-0.2, -0.15) is 13.2 Å². The molecule has 14 heteroatoms. The molecule has 38 heavy (non-hydrogen) atoms. The maximum atomic E-state index is 14.5. The van der Waals surface area contributed by atoms with E-state index in [0.717, 1.165) is 25.2 Å². The topological polar surface area (TPSA) is 112 Å². The smallest absolute Gasteiger partial charge is 0.475 e. The Balaban J connectivity index is 0.000000505. The van der Waals surface area contributed by atoms with Crippen LogP contribution in [0.5, 0.6) is 0 Å². The van der Waals surface area contributed by atoms with Gasteiger partial charge >= 0.3 is 12.1 Å². The predicted octanol–water partition coefficient (Wildman–Crippen LogP) is 4.80. The largest absolute Gasteiger partial charge is 0.490 e. The van der Waals surface area contributed by atoms with E-state index in [-0.39, 0.29) is 23.0 Å². The van der Waals surface area contributed by atoms with Crippen molar-refractivity contribution in [2.45, 2.75) is 49.7 Å². The molecule has 1 aliphatic rings. The Hall–Kier alpha value is -3.10. The normalized spacial score (nSPS) is 14.1. The molecule has 3 heterocycles. The van der Waals surface area contributed by atoms with Gasteiger partial charge in [0.2, 0.25) is 0 Å². The van der Waals surface area contributed by atoms with Crippen LogP contribution in [0.4, 0.5) is 23.4 Å². The zero-order valence-electron chi connectivity index (χ0n) is 20.3. The zero-order chi connectivity index (χ0) is 27.9. The minimum atomic E-state index is -5.08. The summed E-state index contributed by atoms with van der Waals surface area (Å²) in [5.41, 5.74) is 4.13. The van der Waals surface area contributed by atoms with Crippen molar-refractivity contribution in [1.29, 1.82) is 0 Å². The maximum Gasteiger partial charge on any atom is 0.490 e. The van der Waals surface area contributed by atoms with Gasteiger partial charge in [0, 0.05) is 24.0 Å². The van der Waals surface area contributed by atoms with Crippen LogP contribution in [0.25, 0.3) is 0 Å². The van der Waals surface area contributed by atoms with Gasteiger partial charge in [-0.1, -0.05) is 12.1 Å². The van der Waals surface area contributed by atoms with E-state index in [1.54, 1.807) is 36.0 Å². The first kappa shape index (κ1) is 29.5. The fraction of sp³-hybridized carbons (Fsp3) is 0.375. The lowest BCUT2D eigenvalue weighted by Crippen LogP contribution is -2.21. The van der Waals surface area contributed by atoms with E-state index in [1.165, 1.54) is 30.2 Å². The van der Waals surface area contributed by atoms with Crippen LogP contribution >= 0.6 is 11.3 Å². The van der Waals surface area contributed by atoms with Crippen molar-refractivity contribution in [3.63, 3.8) is 0 Å². The molecule has 0 bridgehead atoms. The highest BCUT2D eigenvalue weighted by molar-refractivity contribution is 7.90. The first-order chi connectivity index (χ1) is 17.9. The lowest BCUT2D eigenvalue weighted by atomic mass is 10.1. The third-order valence-corrected chi connectivity index (χ3v) is 8.10. The minimum absolute atomic E-state index is 0.152. The lowest BCUT2D eigenvalue weighted by Gasteiger charge is -2.18. The van der Waals surface area contributed by atoms with E-state index in [0.29, 0.717) is 22.8 Å². The Labute approximate surface area is 221 Å². The summed E-state index contributed by atoms with van der Waals surface area (Å²) in [6.45, 7) is 4.77. The summed E-state index contributed by atoms with van der Waals surface area (Å²) in [6, 6.07) is 8.36. The molecule has 3 aromatic rings. The summed E-state index contributed by atoms with van der Waals surface area (Å²) in [7, 11) is -3.54. The number of aryl methyl sites for hydroxylation is 1. The van der Waals surface area contributed by atoms with Gasteiger partial charge in [-0.05, 0) is 56.6 Å². The molecule has 4 rings (SSSR count). The maximum absolute atomic E-state index is 14.5. The van der Waals surface area contributed by atoms with Crippen LogP contribution in [-0.4, -0.2) is 53.6 Å². The van der Waals surface area contributed by atoms with Crippen molar-refractivity contribution >= 4 is 33.0 Å². The number of carboxylic acids is 1. The summed E-state index contributed by atoms with van der Waals surface area (Å²) in [4.78, 5) is 19.9. The second-order valence-corrected chi connectivity index (χ2v) is 11.2. The van der Waals surface area contributed by atoms with Gasteiger partial charge in [0.15, 0.2) is 9.84 Å². The van der Waals surface area contributed by atoms with Crippen LogP contribution in [0, 0.1) is 12.7 Å². The number of carboxylic acid groups (broad SMARTS) is 1. The molecule has 8 nitrogen and oxygen atoms in total. The molecule has 1 saturated heterocycles. The molecule has 1 aliphatic heterocycles. The number of sulfone groups is 1.